The molecule has 10 heteroatoms. The first kappa shape index (κ1) is 19.6. The fraction of sp³-hybridized carbons (Fsp3) is 0.538. The molecule has 1 unspecified atom stereocenters. The van der Waals surface area contributed by atoms with Crippen LogP contribution in [0.4, 0.5) is 39.5 Å². The normalized spacial score (nSPS) is 17.0. The van der Waals surface area contributed by atoms with Crippen molar-refractivity contribution in [3.63, 3.8) is 0 Å². The predicted molar refractivity (Wildman–Crippen MR) is 61.5 cm³/mol. The molecule has 1 nitrogen and oxygen atoms in total. The van der Waals surface area contributed by atoms with E-state index in [1.54, 1.807) is 0 Å². The minimum atomic E-state index is -6.96. The molecule has 132 valence electrons. The quantitative estimate of drug-likeness (QED) is 0.757. The molecule has 0 saturated heterocycles. The average Bonchev–Trinajstić information content (AvgIpc) is 2.36. The zero-order chi connectivity index (χ0) is 18.3. The van der Waals surface area contributed by atoms with Crippen LogP contribution in [0, 0.1) is 0 Å². The van der Waals surface area contributed by atoms with Crippen LogP contribution in [-0.2, 0) is 5.60 Å². The lowest BCUT2D eigenvalue weighted by atomic mass is 9.86. The van der Waals surface area contributed by atoms with E-state index in [0.717, 1.165) is 12.1 Å². The molecular weight excluding hydrogens is 343 g/mol. The zero-order valence-corrected chi connectivity index (χ0v) is 11.4. The Morgan fingerprint density at radius 2 is 1.22 bits per heavy atom. The Hall–Kier alpha value is -1.45. The van der Waals surface area contributed by atoms with Gasteiger partial charge in [0.15, 0.2) is 0 Å². The second kappa shape index (κ2) is 5.57. The van der Waals surface area contributed by atoms with Gasteiger partial charge >= 0.3 is 23.9 Å². The van der Waals surface area contributed by atoms with Gasteiger partial charge in [-0.1, -0.05) is 30.3 Å². The highest BCUT2D eigenvalue weighted by molar-refractivity contribution is 5.22. The van der Waals surface area contributed by atoms with E-state index in [4.69, 9.17) is 0 Å². The number of halogens is 9. The lowest BCUT2D eigenvalue weighted by Crippen LogP contribution is -2.62. The highest BCUT2D eigenvalue weighted by atomic mass is 19.4. The molecule has 0 radical (unpaired) electrons. The van der Waals surface area contributed by atoms with Crippen LogP contribution in [0.25, 0.3) is 0 Å². The van der Waals surface area contributed by atoms with Gasteiger partial charge in [-0.2, -0.15) is 39.5 Å². The SMILES string of the molecule is CC(O)(CC(F)(F)C(F)(F)C(F)(F)C(F)(F)F)c1ccccc1. The summed E-state index contributed by atoms with van der Waals surface area (Å²) in [6.45, 7) is 0.609. The van der Waals surface area contributed by atoms with Crippen molar-refractivity contribution in [1.29, 1.82) is 0 Å². The number of benzene rings is 1. The minimum absolute atomic E-state index is 0.342. The first-order valence-corrected chi connectivity index (χ1v) is 6.04. The summed E-state index contributed by atoms with van der Waals surface area (Å²) in [7, 11) is 0. The van der Waals surface area contributed by atoms with Gasteiger partial charge in [-0.15, -0.1) is 0 Å². The third-order valence-electron chi connectivity index (χ3n) is 3.17. The lowest BCUT2D eigenvalue weighted by molar-refractivity contribution is -0.400. The fourth-order valence-electron chi connectivity index (χ4n) is 1.85. The fourth-order valence-corrected chi connectivity index (χ4v) is 1.85. The second-order valence-electron chi connectivity index (χ2n) is 5.17. The molecule has 0 bridgehead atoms. The van der Waals surface area contributed by atoms with Gasteiger partial charge in [-0.25, -0.2) is 0 Å². The molecule has 1 aromatic rings. The van der Waals surface area contributed by atoms with Gasteiger partial charge in [0.1, 0.15) is 0 Å². The average molecular weight is 354 g/mol. The number of aliphatic hydroxyl groups is 1. The summed E-state index contributed by atoms with van der Waals surface area (Å²) in [6.07, 6.45) is -9.21. The molecule has 0 amide bonds. The molecule has 0 heterocycles. The predicted octanol–water partition coefficient (Wildman–Crippen LogP) is 4.75. The number of hydrogen-bond donors (Lipinski definition) is 1. The van der Waals surface area contributed by atoms with Crippen molar-refractivity contribution in [2.75, 3.05) is 0 Å². The molecule has 0 aromatic heterocycles. The van der Waals surface area contributed by atoms with Crippen molar-refractivity contribution in [2.45, 2.75) is 42.9 Å². The van der Waals surface area contributed by atoms with E-state index in [1.165, 1.54) is 18.2 Å². The topological polar surface area (TPSA) is 20.2 Å². The van der Waals surface area contributed by atoms with Gasteiger partial charge in [0.25, 0.3) is 0 Å². The van der Waals surface area contributed by atoms with E-state index >= 15 is 0 Å². The Labute approximate surface area is 124 Å². The van der Waals surface area contributed by atoms with Gasteiger partial charge in [0.05, 0.1) is 12.0 Å². The highest BCUT2D eigenvalue weighted by Gasteiger charge is 2.81. The summed E-state index contributed by atoms with van der Waals surface area (Å²) in [5.74, 6) is -19.5. The molecule has 23 heavy (non-hydrogen) atoms. The van der Waals surface area contributed by atoms with Crippen LogP contribution < -0.4 is 0 Å². The van der Waals surface area contributed by atoms with Crippen LogP contribution in [0.1, 0.15) is 18.9 Å². The second-order valence-corrected chi connectivity index (χ2v) is 5.17. The number of hydrogen-bond acceptors (Lipinski definition) is 1. The number of alkyl halides is 9. The van der Waals surface area contributed by atoms with Gasteiger partial charge < -0.3 is 5.11 Å². The minimum Gasteiger partial charge on any atom is -0.385 e. The molecule has 0 aliphatic carbocycles. The summed E-state index contributed by atoms with van der Waals surface area (Å²) >= 11 is 0. The maximum atomic E-state index is 13.5. The van der Waals surface area contributed by atoms with E-state index in [-0.39, 0.29) is 5.56 Å². The van der Waals surface area contributed by atoms with Crippen LogP contribution in [-0.4, -0.2) is 29.1 Å². The molecule has 0 spiro atoms. The Balaban J connectivity index is 3.20. The van der Waals surface area contributed by atoms with Crippen LogP contribution in [0.2, 0.25) is 0 Å². The first-order chi connectivity index (χ1) is 10.1. The molecule has 1 atom stereocenters. The molecular formula is C13H11F9O. The van der Waals surface area contributed by atoms with E-state index in [1.807, 2.05) is 0 Å². The third kappa shape index (κ3) is 3.41. The van der Waals surface area contributed by atoms with Gasteiger partial charge in [-0.3, -0.25) is 0 Å². The third-order valence-corrected chi connectivity index (χ3v) is 3.17. The Bertz CT molecular complexity index is 534. The Kier molecular flexibility index (Phi) is 4.75. The van der Waals surface area contributed by atoms with Crippen molar-refractivity contribution < 1.29 is 44.6 Å². The standard InChI is InChI=1S/C13H11F9O/c1-9(23,8-5-3-2-4-6-8)7-10(14,15)11(16,17)12(18,19)13(20,21)22/h2-6,23H,7H2,1H3. The zero-order valence-electron chi connectivity index (χ0n) is 11.4. The van der Waals surface area contributed by atoms with Crippen LogP contribution in [0.3, 0.4) is 0 Å². The van der Waals surface area contributed by atoms with Gasteiger partial charge in [0, 0.05) is 0 Å². The highest BCUT2D eigenvalue weighted by Crippen LogP contribution is 2.55. The maximum Gasteiger partial charge on any atom is 0.460 e. The number of rotatable bonds is 5. The van der Waals surface area contributed by atoms with Crippen LogP contribution in [0.15, 0.2) is 30.3 Å². The van der Waals surface area contributed by atoms with Gasteiger partial charge in [0.2, 0.25) is 0 Å². The van der Waals surface area contributed by atoms with Crippen molar-refractivity contribution in [3.8, 4) is 0 Å². The van der Waals surface area contributed by atoms with E-state index < -0.39 is 36.0 Å². The van der Waals surface area contributed by atoms with Crippen LogP contribution >= 0.6 is 0 Å². The maximum absolute atomic E-state index is 13.5. The Morgan fingerprint density at radius 1 is 0.783 bits per heavy atom. The van der Waals surface area contributed by atoms with Crippen molar-refractivity contribution in [3.05, 3.63) is 35.9 Å². The van der Waals surface area contributed by atoms with Crippen molar-refractivity contribution >= 4 is 0 Å². The monoisotopic (exact) mass is 354 g/mol. The van der Waals surface area contributed by atoms with Crippen molar-refractivity contribution in [1.82, 2.24) is 0 Å². The summed E-state index contributed by atoms with van der Waals surface area (Å²) in [6, 6.07) is 5.95. The Morgan fingerprint density at radius 3 is 1.61 bits per heavy atom. The van der Waals surface area contributed by atoms with Crippen LogP contribution in [0.5, 0.6) is 0 Å². The van der Waals surface area contributed by atoms with E-state index in [2.05, 4.69) is 0 Å². The summed E-state index contributed by atoms with van der Waals surface area (Å²) < 4.78 is 115. The molecule has 1 N–H and O–H groups in total. The molecule has 0 aliphatic heterocycles. The summed E-state index contributed by atoms with van der Waals surface area (Å²) in [5, 5.41) is 9.81. The first-order valence-electron chi connectivity index (χ1n) is 6.04. The smallest absolute Gasteiger partial charge is 0.385 e. The molecule has 0 saturated carbocycles. The molecule has 1 rings (SSSR count). The lowest BCUT2D eigenvalue weighted by Gasteiger charge is -2.37. The van der Waals surface area contributed by atoms with Gasteiger partial charge in [-0.05, 0) is 12.5 Å². The molecule has 0 fully saturated rings. The summed E-state index contributed by atoms with van der Waals surface area (Å²) in [5.41, 5.74) is -3.10. The molecule has 0 aliphatic rings. The molecule has 1 aromatic carbocycles. The van der Waals surface area contributed by atoms with E-state index in [0.29, 0.717) is 6.92 Å². The summed E-state index contributed by atoms with van der Waals surface area (Å²) in [4.78, 5) is 0. The largest absolute Gasteiger partial charge is 0.460 e. The van der Waals surface area contributed by atoms with E-state index in [9.17, 15) is 44.6 Å². The van der Waals surface area contributed by atoms with Crippen molar-refractivity contribution in [2.24, 2.45) is 0 Å².